The first-order chi connectivity index (χ1) is 12.9. The number of carbonyl (C=O) groups excluding carboxylic acids is 1. The number of methoxy groups -OCH3 is 3. The number of hydrogen-bond acceptors (Lipinski definition) is 4. The summed E-state index contributed by atoms with van der Waals surface area (Å²) in [6.07, 6.45) is 0. The lowest BCUT2D eigenvalue weighted by Crippen LogP contribution is -2.31. The van der Waals surface area contributed by atoms with Crippen LogP contribution in [0.4, 0.5) is 0 Å². The zero-order valence-corrected chi connectivity index (χ0v) is 17.1. The van der Waals surface area contributed by atoms with Crippen molar-refractivity contribution >= 4 is 17.5 Å². The fourth-order valence-corrected chi connectivity index (χ4v) is 3.17. The summed E-state index contributed by atoms with van der Waals surface area (Å²) >= 11 is 5.96. The van der Waals surface area contributed by atoms with Crippen molar-refractivity contribution in [3.63, 3.8) is 0 Å². The molecule has 6 heteroatoms. The Morgan fingerprint density at radius 3 is 2.00 bits per heavy atom. The molecule has 0 aliphatic carbocycles. The first-order valence-electron chi connectivity index (χ1n) is 8.73. The monoisotopic (exact) mass is 391 g/mol. The third-order valence-corrected chi connectivity index (χ3v) is 4.62. The maximum Gasteiger partial charge on any atom is 0.228 e. The summed E-state index contributed by atoms with van der Waals surface area (Å²) in [5, 5.41) is 3.66. The number of ether oxygens (including phenoxy) is 3. The lowest BCUT2D eigenvalue weighted by Gasteiger charge is -2.21. The van der Waals surface area contributed by atoms with E-state index >= 15 is 0 Å². The molecule has 1 atom stereocenters. The first kappa shape index (κ1) is 20.9. The maximum atomic E-state index is 12.8. The summed E-state index contributed by atoms with van der Waals surface area (Å²) in [5.74, 6) is 1.48. The van der Waals surface area contributed by atoms with E-state index in [1.165, 1.54) is 0 Å². The van der Waals surface area contributed by atoms with Crippen LogP contribution < -0.4 is 19.5 Å². The van der Waals surface area contributed by atoms with Crippen LogP contribution in [0.1, 0.15) is 30.9 Å². The Kier molecular flexibility index (Phi) is 7.36. The molecule has 2 aromatic carbocycles. The molecule has 0 heterocycles. The van der Waals surface area contributed by atoms with E-state index in [1.807, 2.05) is 38.1 Å². The molecule has 5 nitrogen and oxygen atoms in total. The van der Waals surface area contributed by atoms with Gasteiger partial charge in [0.15, 0.2) is 11.5 Å². The van der Waals surface area contributed by atoms with Crippen LogP contribution in [0, 0.1) is 5.92 Å². The Balaban J connectivity index is 2.18. The van der Waals surface area contributed by atoms with E-state index in [9.17, 15) is 4.79 Å². The Hall–Kier alpha value is -2.40. The second-order valence-corrected chi connectivity index (χ2v) is 6.96. The van der Waals surface area contributed by atoms with Crippen LogP contribution in [0.15, 0.2) is 36.4 Å². The fourth-order valence-electron chi connectivity index (χ4n) is 3.05. The highest BCUT2D eigenvalue weighted by molar-refractivity contribution is 6.30. The third-order valence-electron chi connectivity index (χ3n) is 4.37. The van der Waals surface area contributed by atoms with E-state index in [0.717, 1.165) is 11.1 Å². The lowest BCUT2D eigenvalue weighted by molar-refractivity contribution is -0.123. The zero-order valence-electron chi connectivity index (χ0n) is 16.3. The SMILES string of the molecule is COc1cc(CNC(=O)[C@H](c2ccc(Cl)cc2)C(C)C)cc(OC)c1OC. The maximum absolute atomic E-state index is 12.8. The van der Waals surface area contributed by atoms with Crippen LogP contribution in [0.5, 0.6) is 17.2 Å². The van der Waals surface area contributed by atoms with Crippen molar-refractivity contribution in [2.75, 3.05) is 21.3 Å². The molecule has 146 valence electrons. The normalized spacial score (nSPS) is 11.8. The number of halogens is 1. The van der Waals surface area contributed by atoms with Crippen LogP contribution in [-0.4, -0.2) is 27.2 Å². The Bertz CT molecular complexity index is 749. The van der Waals surface area contributed by atoms with Gasteiger partial charge in [0.1, 0.15) is 0 Å². The van der Waals surface area contributed by atoms with Gasteiger partial charge < -0.3 is 19.5 Å². The number of rotatable bonds is 8. The summed E-state index contributed by atoms with van der Waals surface area (Å²) in [4.78, 5) is 12.8. The van der Waals surface area contributed by atoms with Crippen molar-refractivity contribution in [1.29, 1.82) is 0 Å². The molecule has 0 bridgehead atoms. The Morgan fingerprint density at radius 1 is 1.00 bits per heavy atom. The molecule has 2 rings (SSSR count). The Labute approximate surface area is 165 Å². The van der Waals surface area contributed by atoms with Gasteiger partial charge in [0.05, 0.1) is 27.2 Å². The van der Waals surface area contributed by atoms with Crippen LogP contribution >= 0.6 is 11.6 Å². The topological polar surface area (TPSA) is 56.8 Å². The smallest absolute Gasteiger partial charge is 0.228 e. The van der Waals surface area contributed by atoms with E-state index in [2.05, 4.69) is 5.32 Å². The number of benzene rings is 2. The minimum absolute atomic E-state index is 0.0407. The van der Waals surface area contributed by atoms with E-state index < -0.39 is 0 Å². The van der Waals surface area contributed by atoms with Gasteiger partial charge in [-0.25, -0.2) is 0 Å². The van der Waals surface area contributed by atoms with E-state index in [1.54, 1.807) is 33.5 Å². The molecular formula is C21H26ClNO4. The highest BCUT2D eigenvalue weighted by Crippen LogP contribution is 2.38. The molecule has 0 fully saturated rings. The predicted molar refractivity (Wildman–Crippen MR) is 107 cm³/mol. The van der Waals surface area contributed by atoms with Crippen LogP contribution in [0.2, 0.25) is 5.02 Å². The summed E-state index contributed by atoms with van der Waals surface area (Å²) < 4.78 is 16.1. The average molecular weight is 392 g/mol. The average Bonchev–Trinajstić information content (AvgIpc) is 2.66. The van der Waals surface area contributed by atoms with Gasteiger partial charge >= 0.3 is 0 Å². The van der Waals surface area contributed by atoms with Gasteiger partial charge in [-0.1, -0.05) is 37.6 Å². The van der Waals surface area contributed by atoms with Gasteiger partial charge in [-0.05, 0) is 41.3 Å². The molecule has 0 saturated carbocycles. The van der Waals surface area contributed by atoms with Crippen LogP contribution in [0.3, 0.4) is 0 Å². The summed E-state index contributed by atoms with van der Waals surface area (Å²) in [6.45, 7) is 4.41. The van der Waals surface area contributed by atoms with Crippen molar-refractivity contribution in [1.82, 2.24) is 5.32 Å². The van der Waals surface area contributed by atoms with Crippen molar-refractivity contribution in [3.8, 4) is 17.2 Å². The van der Waals surface area contributed by atoms with Gasteiger partial charge in [-0.3, -0.25) is 4.79 Å². The highest BCUT2D eigenvalue weighted by Gasteiger charge is 2.24. The van der Waals surface area contributed by atoms with Crippen molar-refractivity contribution in [3.05, 3.63) is 52.5 Å². The van der Waals surface area contributed by atoms with Gasteiger partial charge in [0.2, 0.25) is 11.7 Å². The first-order valence-corrected chi connectivity index (χ1v) is 9.11. The van der Waals surface area contributed by atoms with Gasteiger partial charge in [0, 0.05) is 11.6 Å². The summed E-state index contributed by atoms with van der Waals surface area (Å²) in [5.41, 5.74) is 1.80. The second kappa shape index (κ2) is 9.51. The second-order valence-electron chi connectivity index (χ2n) is 6.52. The predicted octanol–water partition coefficient (Wildman–Crippen LogP) is 4.42. The molecule has 0 spiro atoms. The van der Waals surface area contributed by atoms with E-state index in [-0.39, 0.29) is 17.7 Å². The number of amides is 1. The van der Waals surface area contributed by atoms with Gasteiger partial charge in [0.25, 0.3) is 0 Å². The quantitative estimate of drug-likeness (QED) is 0.723. The zero-order chi connectivity index (χ0) is 20.0. The van der Waals surface area contributed by atoms with Crippen LogP contribution in [-0.2, 0) is 11.3 Å². The molecule has 27 heavy (non-hydrogen) atoms. The van der Waals surface area contributed by atoms with Crippen molar-refractivity contribution in [2.45, 2.75) is 26.3 Å². The molecule has 1 amide bonds. The van der Waals surface area contributed by atoms with Gasteiger partial charge in [-0.15, -0.1) is 0 Å². The molecule has 0 aliphatic rings. The van der Waals surface area contributed by atoms with Crippen molar-refractivity contribution < 1.29 is 19.0 Å². The fraction of sp³-hybridized carbons (Fsp3) is 0.381. The number of nitrogens with one attached hydrogen (secondary N) is 1. The Morgan fingerprint density at radius 2 is 1.56 bits per heavy atom. The number of carbonyl (C=O) groups is 1. The highest BCUT2D eigenvalue weighted by atomic mass is 35.5. The number of hydrogen-bond donors (Lipinski definition) is 1. The molecule has 1 N–H and O–H groups in total. The lowest BCUT2D eigenvalue weighted by atomic mass is 9.87. The summed E-state index contributed by atoms with van der Waals surface area (Å²) in [6, 6.07) is 11.1. The molecule has 0 saturated heterocycles. The summed E-state index contributed by atoms with van der Waals surface area (Å²) in [7, 11) is 4.69. The minimum Gasteiger partial charge on any atom is -0.493 e. The van der Waals surface area contributed by atoms with E-state index in [0.29, 0.717) is 28.8 Å². The van der Waals surface area contributed by atoms with Crippen molar-refractivity contribution in [2.24, 2.45) is 5.92 Å². The minimum atomic E-state index is -0.260. The van der Waals surface area contributed by atoms with Gasteiger partial charge in [-0.2, -0.15) is 0 Å². The molecule has 0 radical (unpaired) electrons. The largest absolute Gasteiger partial charge is 0.493 e. The van der Waals surface area contributed by atoms with E-state index in [4.69, 9.17) is 25.8 Å². The van der Waals surface area contributed by atoms with Crippen LogP contribution in [0.25, 0.3) is 0 Å². The molecule has 0 aliphatic heterocycles. The molecule has 0 aromatic heterocycles. The third kappa shape index (κ3) is 5.07. The standard InChI is InChI=1S/C21H26ClNO4/c1-13(2)19(15-6-8-16(22)9-7-15)21(24)23-12-14-10-17(25-3)20(27-5)18(11-14)26-4/h6-11,13,19H,12H2,1-5H3,(H,23,24)/t19-/m0/s1. The molecular weight excluding hydrogens is 366 g/mol. The molecule has 0 unspecified atom stereocenters. The molecule has 2 aromatic rings.